The lowest BCUT2D eigenvalue weighted by atomic mass is 10.1. The first-order valence-electron chi connectivity index (χ1n) is 52.8. The second kappa shape index (κ2) is 92.7. The smallest absolute Gasteiger partial charge is 0.229 e. The molecule has 4 rings (SSSR count). The van der Waals surface area contributed by atoms with Gasteiger partial charge in [-0.3, -0.25) is 19.6 Å². The Kier molecular flexibility index (Phi) is 88.3. The van der Waals surface area contributed by atoms with Crippen molar-refractivity contribution in [3.8, 4) is 23.0 Å². The molecule has 6 unspecified atom stereocenters. The molecule has 0 heterocycles. The van der Waals surface area contributed by atoms with Gasteiger partial charge >= 0.3 is 0 Å². The molecule has 0 bridgehead atoms. The third kappa shape index (κ3) is 79.2. The highest BCUT2D eigenvalue weighted by atomic mass is 35.7. The SMILES string of the molecule is CC(COCCOCCN(CCOCCOCCO)CCN(CCOCCOCC(C)OCCO)CC(C)OCCOCCO)OCCO.CCN(CC)CC.CS(=O)(=O)Cl.Cc1cc(C)c(OCCOCCOCCN(CCOCCOCC(C)OCCOc2c(C)cc(C)cc2C)CCN(CCOCCOCC(C)OCCOc2c(C)cc(C)cc2C)CC(C)OCCOCCOc2c(C)cc(C)cc2C)c(C)c1. The Morgan fingerprint density at radius 1 is 0.233 bits per heavy atom. The van der Waals surface area contributed by atoms with Gasteiger partial charge in [0, 0.05) is 89.2 Å². The maximum absolute atomic E-state index is 9.40. The van der Waals surface area contributed by atoms with Crippen LogP contribution in [0.2, 0.25) is 0 Å². The van der Waals surface area contributed by atoms with E-state index in [1.807, 2.05) is 34.6 Å². The number of aliphatic hydroxyl groups is 4. The van der Waals surface area contributed by atoms with Crippen LogP contribution in [-0.4, -0.2) is 472 Å². The predicted octanol–water partition coefficient (Wildman–Crippen LogP) is 11.4. The zero-order valence-electron chi connectivity index (χ0n) is 93.8. The van der Waals surface area contributed by atoms with Crippen molar-refractivity contribution in [2.24, 2.45) is 0 Å². The molecular weight excluding hydrogens is 1930 g/mol. The summed E-state index contributed by atoms with van der Waals surface area (Å²) in [7, 11) is 1.31. The number of benzene rings is 4. The van der Waals surface area contributed by atoms with E-state index in [9.17, 15) is 8.42 Å². The first-order valence-corrected chi connectivity index (χ1v) is 55.5. The molecule has 0 saturated carbocycles. The Morgan fingerprint density at radius 2 is 0.404 bits per heavy atom. The Morgan fingerprint density at radius 3 is 0.630 bits per heavy atom. The molecule has 35 nitrogen and oxygen atoms in total. The highest BCUT2D eigenvalue weighted by molar-refractivity contribution is 8.13. The first kappa shape index (κ1) is 139. The molecule has 0 aliphatic rings. The van der Waals surface area contributed by atoms with Crippen molar-refractivity contribution in [1.29, 1.82) is 0 Å². The van der Waals surface area contributed by atoms with E-state index in [-0.39, 0.29) is 63.1 Å². The highest BCUT2D eigenvalue weighted by Crippen LogP contribution is 2.28. The second-order valence-corrected chi connectivity index (χ2v) is 39.3. The van der Waals surface area contributed by atoms with Gasteiger partial charge in [0.15, 0.2) is 0 Å². The maximum Gasteiger partial charge on any atom is 0.229 e. The van der Waals surface area contributed by atoms with E-state index in [2.05, 4.69) is 194 Å². The standard InChI is InChI=1S/C69H110N2O14.C33H70N2O14.C6H15N.CH3ClO2S/c1-51-40-55(5)66(56(6)41-51)82-34-31-75-25-24-72-21-18-70(19-22-73-26-28-77-49-64(14)80-36-38-84-68-59(9)44-53(3)45-60(68)10)16-17-71(48-63(13)79-33-30-76-32-35-83-67-57(7)42-52(2)43-58(67)8)20-23-74-27-29-78-50-65(15)81-37-39-85-69-61(11)46-54(4)47-62(69)12;1-31(49-27-26-44-17-10-37)28-35(8-15-42-23-25-46-30-33(3)48-19-12-39)5-4-34(6-13-40-20-21-43-16-9-36)7-14-41-22-24-45-29-32(2)47-18-11-38;1-4-7(5-2)6-3;1-5(2,3)4/h40-47,63-65H,16-39,48-50H2,1-15H3;31-33,36-39H,4-30H2,1-3H3;4-6H2,1-3H3;1H3. The summed E-state index contributed by atoms with van der Waals surface area (Å²) in [5, 5.41) is 35.5. The van der Waals surface area contributed by atoms with Crippen molar-refractivity contribution in [2.45, 2.75) is 182 Å². The summed E-state index contributed by atoms with van der Waals surface area (Å²) < 4.78 is 159. The topological polar surface area (TPSA) is 353 Å². The highest BCUT2D eigenvalue weighted by Gasteiger charge is 2.20. The number of hydrogen-bond acceptors (Lipinski definition) is 35. The summed E-state index contributed by atoms with van der Waals surface area (Å²) >= 11 is 0. The summed E-state index contributed by atoms with van der Waals surface area (Å²) in [6, 6.07) is 17.1. The lowest BCUT2D eigenvalue weighted by Crippen LogP contribution is -2.42. The Bertz CT molecular complexity index is 3730. The quantitative estimate of drug-likeness (QED) is 0.0236. The van der Waals surface area contributed by atoms with Crippen molar-refractivity contribution >= 4 is 19.7 Å². The van der Waals surface area contributed by atoms with Gasteiger partial charge in [0.2, 0.25) is 9.05 Å². The Hall–Kier alpha value is -4.84. The molecule has 4 aromatic carbocycles. The van der Waals surface area contributed by atoms with Gasteiger partial charge in [0.1, 0.15) is 49.4 Å². The molecule has 852 valence electrons. The van der Waals surface area contributed by atoms with Crippen LogP contribution in [-0.2, 0) is 104 Å². The molecule has 0 radical (unpaired) electrons. The molecule has 0 aromatic heterocycles. The molecule has 0 saturated heterocycles. The van der Waals surface area contributed by atoms with Crippen molar-refractivity contribution in [3.63, 3.8) is 0 Å². The molecule has 4 aromatic rings. The molecule has 0 fully saturated rings. The maximum atomic E-state index is 9.40. The van der Waals surface area contributed by atoms with Gasteiger partial charge in [0.05, 0.1) is 294 Å². The average molecular weight is 2130 g/mol. The average Bonchev–Trinajstić information content (AvgIpc) is 0.864. The monoisotopic (exact) mass is 2120 g/mol. The lowest BCUT2D eigenvalue weighted by molar-refractivity contribution is -0.0357. The minimum atomic E-state index is -3.19. The van der Waals surface area contributed by atoms with Crippen LogP contribution in [0.5, 0.6) is 23.0 Å². The minimum absolute atomic E-state index is 0.00731. The van der Waals surface area contributed by atoms with Crippen LogP contribution in [0.4, 0.5) is 0 Å². The summed E-state index contributed by atoms with van der Waals surface area (Å²) in [5.74, 6) is 3.73. The van der Waals surface area contributed by atoms with Crippen molar-refractivity contribution in [2.75, 3.05) is 382 Å². The zero-order chi connectivity index (χ0) is 108. The third-order valence-corrected chi connectivity index (χ3v) is 22.3. The van der Waals surface area contributed by atoms with Gasteiger partial charge in [-0.15, -0.1) is 0 Å². The molecule has 0 amide bonds. The van der Waals surface area contributed by atoms with Gasteiger partial charge in [-0.05, 0) is 189 Å². The summed E-state index contributed by atoms with van der Waals surface area (Å²) in [4.78, 5) is 11.8. The van der Waals surface area contributed by atoms with E-state index < -0.39 is 9.05 Å². The van der Waals surface area contributed by atoms with Crippen LogP contribution in [0.3, 0.4) is 0 Å². The molecule has 0 spiro atoms. The van der Waals surface area contributed by atoms with Crippen LogP contribution in [0.1, 0.15) is 129 Å². The third-order valence-electron chi connectivity index (χ3n) is 22.3. The van der Waals surface area contributed by atoms with Gasteiger partial charge < -0.3 is 139 Å². The van der Waals surface area contributed by atoms with Gasteiger partial charge in [0.25, 0.3) is 0 Å². The predicted molar refractivity (Wildman–Crippen MR) is 577 cm³/mol. The molecular formula is C109H198ClN5O30S. The first-order chi connectivity index (χ1) is 70.2. The minimum Gasteiger partial charge on any atom is -0.491 e. The summed E-state index contributed by atoms with van der Waals surface area (Å²) in [6.07, 6.45) is 0.546. The van der Waals surface area contributed by atoms with Crippen molar-refractivity contribution in [1.82, 2.24) is 24.5 Å². The molecule has 0 aliphatic heterocycles. The number of nitrogens with zero attached hydrogens (tertiary/aromatic N) is 5. The number of hydrogen-bond donors (Lipinski definition) is 4. The fourth-order valence-corrected chi connectivity index (χ4v) is 15.4. The fraction of sp³-hybridized carbons (Fsp3) is 0.780. The van der Waals surface area contributed by atoms with E-state index in [0.717, 1.165) is 139 Å². The van der Waals surface area contributed by atoms with Crippen molar-refractivity contribution < 1.29 is 143 Å². The fourth-order valence-electron chi connectivity index (χ4n) is 15.4. The normalized spacial score (nSPS) is 13.0. The summed E-state index contributed by atoms with van der Waals surface area (Å²) in [5.41, 5.74) is 14.0. The number of aryl methyl sites for hydroxylation is 12. The number of ether oxygens (including phenoxy) is 24. The van der Waals surface area contributed by atoms with E-state index in [1.54, 1.807) is 0 Å². The van der Waals surface area contributed by atoms with E-state index >= 15 is 0 Å². The molecule has 146 heavy (non-hydrogen) atoms. The Balaban J connectivity index is 0.00000147. The molecule has 37 heteroatoms. The van der Waals surface area contributed by atoms with Gasteiger partial charge in [-0.2, -0.15) is 0 Å². The van der Waals surface area contributed by atoms with Crippen molar-refractivity contribution in [3.05, 3.63) is 115 Å². The molecule has 0 aliphatic carbocycles. The van der Waals surface area contributed by atoms with Crippen LogP contribution >= 0.6 is 10.7 Å². The molecule has 4 N–H and O–H groups in total. The van der Waals surface area contributed by atoms with Crippen LogP contribution < -0.4 is 18.9 Å². The number of aliphatic hydroxyl groups excluding tert-OH is 4. The van der Waals surface area contributed by atoms with Crippen LogP contribution in [0.15, 0.2) is 48.5 Å². The zero-order valence-corrected chi connectivity index (χ0v) is 95.4. The van der Waals surface area contributed by atoms with Gasteiger partial charge in [-0.25, -0.2) is 8.42 Å². The van der Waals surface area contributed by atoms with E-state index in [0.29, 0.717) is 264 Å². The summed E-state index contributed by atoms with van der Waals surface area (Å²) in [6.45, 7) is 73.7. The molecule has 6 atom stereocenters. The largest absolute Gasteiger partial charge is 0.491 e. The van der Waals surface area contributed by atoms with E-state index in [1.165, 1.54) is 41.9 Å². The number of rotatable bonds is 93. The van der Waals surface area contributed by atoms with Gasteiger partial charge in [-0.1, -0.05) is 91.6 Å². The Labute approximate surface area is 884 Å². The van der Waals surface area contributed by atoms with Crippen LogP contribution in [0.25, 0.3) is 0 Å². The second-order valence-electron chi connectivity index (χ2n) is 36.3. The number of halogens is 1. The lowest BCUT2D eigenvalue weighted by Gasteiger charge is -2.29. The van der Waals surface area contributed by atoms with E-state index in [4.69, 9.17) is 134 Å². The van der Waals surface area contributed by atoms with Crippen LogP contribution in [0, 0.1) is 83.1 Å².